The number of ketones is 1. The Labute approximate surface area is 548 Å². The number of nitrogens with one attached hydrogen (secondary N) is 2. The molecule has 6 aliphatic rings. The molecule has 494 valence electrons. The van der Waals surface area contributed by atoms with E-state index in [1.165, 1.54) is 24.0 Å². The van der Waals surface area contributed by atoms with E-state index in [1.807, 2.05) is 41.5 Å². The summed E-state index contributed by atoms with van der Waals surface area (Å²) in [6.45, 7) is 19.5. The van der Waals surface area contributed by atoms with Crippen molar-refractivity contribution in [1.29, 1.82) is 0 Å². The van der Waals surface area contributed by atoms with Gasteiger partial charge in [0, 0.05) is 52.7 Å². The average Bonchev–Trinajstić information content (AvgIpc) is 2.24. The third-order valence-corrected chi connectivity index (χ3v) is 23.5. The molecular weight excluding hydrogens is 1440 g/mol. The van der Waals surface area contributed by atoms with Gasteiger partial charge in [-0.1, -0.05) is 47.6 Å². The molecule has 10 atom stereocenters. The van der Waals surface area contributed by atoms with E-state index in [1.54, 1.807) is 49.1 Å². The fourth-order valence-corrected chi connectivity index (χ4v) is 16.6. The molecule has 89 heavy (non-hydrogen) atoms. The first kappa shape index (κ1) is 72.9. The van der Waals surface area contributed by atoms with Crippen molar-refractivity contribution in [2.24, 2.45) is 61.1 Å². The van der Waals surface area contributed by atoms with E-state index in [4.69, 9.17) is 22.9 Å². The van der Waals surface area contributed by atoms with Gasteiger partial charge in [-0.05, 0) is 92.8 Å². The maximum atomic E-state index is 14.1. The van der Waals surface area contributed by atoms with Crippen LogP contribution in [0.15, 0.2) is 71.2 Å². The normalized spacial score (nSPS) is 25.2. The number of hydrogen-bond acceptors (Lipinski definition) is 19. The molecule has 2 aliphatic heterocycles. The topological polar surface area (TPSA) is 344 Å². The maximum absolute atomic E-state index is 14.1. The molecule has 6 fully saturated rings. The van der Waals surface area contributed by atoms with Crippen LogP contribution in [-0.2, 0) is 67.9 Å². The zero-order valence-electron chi connectivity index (χ0n) is 51.4. The van der Waals surface area contributed by atoms with Crippen LogP contribution in [0.3, 0.4) is 0 Å². The number of nitrogens with two attached hydrogens (primary N) is 1. The third-order valence-electron chi connectivity index (χ3n) is 17.2. The first-order chi connectivity index (χ1) is 41.6. The van der Waals surface area contributed by atoms with Gasteiger partial charge < -0.3 is 33.9 Å². The number of carboxylic acid groups (broad SMARTS) is 1. The summed E-state index contributed by atoms with van der Waals surface area (Å²) in [5.41, 5.74) is -2.95. The molecule has 2 aromatic heterocycles. The van der Waals surface area contributed by atoms with Crippen LogP contribution < -0.4 is 44.3 Å². The summed E-state index contributed by atoms with van der Waals surface area (Å²) in [6.07, 6.45) is 13.1. The van der Waals surface area contributed by atoms with Crippen LogP contribution >= 0.6 is 31.9 Å². The average molecular weight is 1530 g/mol. The minimum atomic E-state index is -3.81. The van der Waals surface area contributed by atoms with Crippen LogP contribution in [0.1, 0.15) is 112 Å². The molecule has 0 aromatic carbocycles. The molecule has 2 aromatic rings. The van der Waals surface area contributed by atoms with Crippen molar-refractivity contribution in [1.82, 2.24) is 29.2 Å². The number of esters is 2. The second kappa shape index (κ2) is 30.1. The number of carbonyl (C=O) groups excluding carboxylic acids is 7. The predicted octanol–water partition coefficient (Wildman–Crippen LogP) is 2.93. The molecule has 4 saturated carbocycles. The van der Waals surface area contributed by atoms with Crippen LogP contribution in [0.4, 0.5) is 0 Å². The van der Waals surface area contributed by atoms with Gasteiger partial charge in [-0.3, -0.25) is 43.5 Å². The third kappa shape index (κ3) is 19.2. The van der Waals surface area contributed by atoms with Crippen LogP contribution in [0, 0.1) is 57.2 Å². The van der Waals surface area contributed by atoms with E-state index in [2.05, 4.69) is 64.4 Å². The molecule has 2 saturated heterocycles. The first-order valence-electron chi connectivity index (χ1n) is 29.2. The molecule has 0 bridgehead atoms. The van der Waals surface area contributed by atoms with Crippen molar-refractivity contribution >= 4 is 99.2 Å². The molecule has 24 nitrogen and oxygen atoms in total. The summed E-state index contributed by atoms with van der Waals surface area (Å²) in [7, 11) is -4.71. The number of amides is 4. The number of methoxy groups -OCH3 is 2. The summed E-state index contributed by atoms with van der Waals surface area (Å²) in [6, 6.07) is 1.71. The number of allylic oxidation sites excluding steroid dienone is 2. The number of sulfonamides is 2. The van der Waals surface area contributed by atoms with Gasteiger partial charge in [-0.15, -0.1) is 6.58 Å². The Bertz CT molecular complexity index is 3230. The number of aromatic nitrogens is 2. The van der Waals surface area contributed by atoms with Gasteiger partial charge in [0.1, 0.15) is 17.5 Å². The van der Waals surface area contributed by atoms with Crippen molar-refractivity contribution in [2.45, 2.75) is 135 Å². The molecule has 8 rings (SSSR count). The number of halogens is 3. The molecule has 5 N–H and O–H groups in total. The number of carboxylic acids is 1. The number of Topliss-reactive ketones (excluding diaryl/α,β-unsaturated/α-hetero) is 1. The van der Waals surface area contributed by atoms with Crippen LogP contribution in [0.2, 0.25) is 0 Å². The number of aliphatic carboxylic acids is 1. The van der Waals surface area contributed by atoms with E-state index >= 15 is 0 Å². The minimum absolute atomic E-state index is 0.0835. The fourth-order valence-electron chi connectivity index (χ4n) is 11.2. The quantitative estimate of drug-likeness (QED) is 0.0346. The van der Waals surface area contributed by atoms with Crippen LogP contribution in [-0.4, -0.2) is 157 Å². The largest absolute Gasteiger partial charge is 0.492 e. The van der Waals surface area contributed by atoms with E-state index < -0.39 is 116 Å². The van der Waals surface area contributed by atoms with Gasteiger partial charge >= 0.3 is 130 Å². The van der Waals surface area contributed by atoms with Crippen molar-refractivity contribution in [3.63, 3.8) is 0 Å². The van der Waals surface area contributed by atoms with Gasteiger partial charge in [0.15, 0.2) is 5.78 Å². The molecule has 2 unspecified atom stereocenters. The Kier molecular flexibility index (Phi) is 24.7. The Balaban J connectivity index is 0.000000235. The Morgan fingerprint density at radius 3 is 1.44 bits per heavy atom. The van der Waals surface area contributed by atoms with Gasteiger partial charge in [0.25, 0.3) is 0 Å². The number of hydrogen-bond donors (Lipinski definition) is 4. The molecule has 4 aliphatic carbocycles. The van der Waals surface area contributed by atoms with Crippen molar-refractivity contribution < 1.29 is 101 Å². The maximum Gasteiger partial charge on any atom is 0.326 e. The number of carbonyl (C=O) groups is 8. The number of likely N-dealkylation sites (tertiary alicyclic amines) is 2. The Hall–Kier alpha value is -5.11. The van der Waals surface area contributed by atoms with E-state index in [-0.39, 0.29) is 111 Å². The summed E-state index contributed by atoms with van der Waals surface area (Å²) in [4.78, 5) is 114. The summed E-state index contributed by atoms with van der Waals surface area (Å²) in [5, 5.41) is 8.69. The van der Waals surface area contributed by atoms with E-state index in [9.17, 15) is 60.3 Å². The smallest absolute Gasteiger partial charge is 0.326 e. The summed E-state index contributed by atoms with van der Waals surface area (Å²) >= 11 is 6.15. The number of ether oxygens (including phenoxy) is 4. The predicted molar refractivity (Wildman–Crippen MR) is 329 cm³/mol. The zero-order chi connectivity index (χ0) is 66.2. The van der Waals surface area contributed by atoms with Crippen LogP contribution in [0.25, 0.3) is 0 Å². The van der Waals surface area contributed by atoms with Gasteiger partial charge in [-0.2, -0.15) is 0 Å². The molecule has 29 heteroatoms. The standard InChI is InChI=1S/C30H40BrN3O8S.C20H27BrN2O6.C10H16IN2O3S/c1-6-19-12-30(19,28(38)33-43(39,40)22-7-8-22)13-25(35)24-9-18(17-42-21-10-20(31)14-32-15-21)16-34(24)27(37)23(29(2,3)4)11-26(36)41-5;1-20(2,3)15(7-17(24)28-4)18(25)23-10-12(5-16(23)19(26)27)11-29-14-6-13(21)8-22-9-14;1-2-7-5-10(7,6-11-12)9(14)13-17(15,16)8-3-4-8/h6,10,14-15,18-19,22-24H,1,7-9,11-13,16-17H2,2-5H3,(H,33,38);6,8-9,12,15-16H,5,7,10-11H2,1-4H3,(H,26,27);2,7-8H,1,3-6,12H2,(H,13,14)/q;;-1/t18-,19?,23-,24+,30-;12-,15-,16+;7?,10-/m111/s1. The Morgan fingerprint density at radius 2 is 1.09 bits per heavy atom. The number of rotatable bonds is 26. The zero-order valence-corrected chi connectivity index (χ0v) is 58.4. The van der Waals surface area contributed by atoms with Crippen molar-refractivity contribution in [3.05, 3.63) is 71.2 Å². The molecule has 0 spiro atoms. The van der Waals surface area contributed by atoms with Gasteiger partial charge in [0.05, 0.1) is 81.2 Å². The van der Waals surface area contributed by atoms with E-state index in [0.717, 1.165) is 8.95 Å². The van der Waals surface area contributed by atoms with Crippen molar-refractivity contribution in [2.75, 3.05) is 45.0 Å². The number of alkyl halides is 1. The van der Waals surface area contributed by atoms with Gasteiger partial charge in [0.2, 0.25) is 27.7 Å². The molecule has 0 radical (unpaired) electrons. The van der Waals surface area contributed by atoms with Gasteiger partial charge in [-0.25, -0.2) is 13.2 Å². The summed E-state index contributed by atoms with van der Waals surface area (Å²) in [5.74, 6) is -5.17. The van der Waals surface area contributed by atoms with Crippen LogP contribution in [0.5, 0.6) is 11.5 Å². The minimum Gasteiger partial charge on any atom is -0.492 e. The SMILES string of the molecule is C=CC1C[C@]1(CC(=O)[C@@H]1C[C@@H](COc2cncc(Br)c2)CN1C(=O)[C@@H](CC(=O)OC)C(C)(C)C)C(=O)NS(=O)(=O)C1CC1.C=CC1C[C@]1(C[I-]N)C(=O)NS(=O)(=O)C1CC1.COC(=O)C[C@H](C(=O)N1C[C@H](COc2cncc(Br)c2)C[C@H]1C(=O)O)C(C)(C)C. The molecule has 4 heterocycles. The summed E-state index contributed by atoms with van der Waals surface area (Å²) < 4.78 is 81.9. The second-order valence-corrected chi connectivity index (χ2v) is 33.3. The molecular formula is C60H83Br2IN7O17S2-. The first-order valence-corrected chi connectivity index (χ1v) is 36.7. The number of nitrogens with zero attached hydrogens (tertiary/aromatic N) is 4. The second-order valence-electron chi connectivity index (χ2n) is 25.9. The van der Waals surface area contributed by atoms with E-state index in [0.29, 0.717) is 54.5 Å². The van der Waals surface area contributed by atoms with Crippen molar-refractivity contribution in [3.8, 4) is 11.5 Å². The molecule has 4 amide bonds. The Morgan fingerprint density at radius 1 is 0.697 bits per heavy atom. The fraction of sp³-hybridized carbons (Fsp3) is 0.633. The monoisotopic (exact) mass is 1520 g/mol. The number of pyridine rings is 2.